The molecule has 0 atom stereocenters. The lowest BCUT2D eigenvalue weighted by atomic mass is 10.2. The van der Waals surface area contributed by atoms with Gasteiger partial charge in [0.15, 0.2) is 0 Å². The van der Waals surface area contributed by atoms with Crippen molar-refractivity contribution in [1.29, 1.82) is 0 Å². The third-order valence-corrected chi connectivity index (χ3v) is 3.85. The Bertz CT molecular complexity index is 926. The molecule has 0 saturated heterocycles. The molecule has 0 unspecified atom stereocenters. The van der Waals surface area contributed by atoms with E-state index in [1.165, 1.54) is 41.5 Å². The minimum atomic E-state index is -0.542. The van der Waals surface area contributed by atoms with Crippen molar-refractivity contribution in [3.05, 3.63) is 94.2 Å². The zero-order chi connectivity index (χ0) is 19.2. The number of urea groups is 1. The highest BCUT2D eigenvalue weighted by molar-refractivity contribution is 5.89. The Labute approximate surface area is 154 Å². The lowest BCUT2D eigenvalue weighted by molar-refractivity contribution is -0.384. The number of carbonyl (C=O) groups is 1. The molecule has 0 bridgehead atoms. The summed E-state index contributed by atoms with van der Waals surface area (Å²) in [4.78, 5) is 24.4. The van der Waals surface area contributed by atoms with E-state index in [2.05, 4.69) is 5.32 Å². The van der Waals surface area contributed by atoms with Crippen molar-refractivity contribution in [3.63, 3.8) is 0 Å². The highest BCUT2D eigenvalue weighted by Crippen LogP contribution is 2.18. The number of nitrogens with one attached hydrogen (secondary N) is 1. The van der Waals surface area contributed by atoms with Crippen LogP contribution in [0.5, 0.6) is 0 Å². The molecule has 0 radical (unpaired) electrons. The van der Waals surface area contributed by atoms with Gasteiger partial charge in [0.2, 0.25) is 0 Å². The largest absolute Gasteiger partial charge is 0.467 e. The third kappa shape index (κ3) is 4.69. The van der Waals surface area contributed by atoms with Crippen LogP contribution in [0.3, 0.4) is 0 Å². The molecule has 0 aliphatic carbocycles. The van der Waals surface area contributed by atoms with Crippen LogP contribution in [0, 0.1) is 15.9 Å². The Balaban J connectivity index is 1.78. The Morgan fingerprint density at radius 3 is 2.44 bits per heavy atom. The average Bonchev–Trinajstić information content (AvgIpc) is 3.16. The van der Waals surface area contributed by atoms with Crippen LogP contribution in [0.15, 0.2) is 71.3 Å². The van der Waals surface area contributed by atoms with E-state index in [0.717, 1.165) is 0 Å². The molecule has 0 fully saturated rings. The summed E-state index contributed by atoms with van der Waals surface area (Å²) in [5.74, 6) is 0.0136. The van der Waals surface area contributed by atoms with E-state index in [1.54, 1.807) is 30.3 Å². The van der Waals surface area contributed by atoms with Crippen molar-refractivity contribution >= 4 is 17.4 Å². The molecule has 0 spiro atoms. The molecular formula is C19H16FN3O4. The molecule has 1 aromatic heterocycles. The van der Waals surface area contributed by atoms with E-state index in [1.807, 2.05) is 0 Å². The number of hydrogen-bond donors (Lipinski definition) is 1. The minimum Gasteiger partial charge on any atom is -0.467 e. The van der Waals surface area contributed by atoms with E-state index < -0.39 is 16.8 Å². The first kappa shape index (κ1) is 18.1. The van der Waals surface area contributed by atoms with Crippen LogP contribution >= 0.6 is 0 Å². The number of furan rings is 1. The Kier molecular flexibility index (Phi) is 5.46. The smallest absolute Gasteiger partial charge is 0.322 e. The molecule has 0 saturated carbocycles. The summed E-state index contributed by atoms with van der Waals surface area (Å²) in [5.41, 5.74) is 0.721. The summed E-state index contributed by atoms with van der Waals surface area (Å²) in [6, 6.07) is 14.7. The number of non-ortho nitro benzene ring substituents is 1. The van der Waals surface area contributed by atoms with Gasteiger partial charge >= 0.3 is 6.03 Å². The van der Waals surface area contributed by atoms with Gasteiger partial charge in [-0.25, -0.2) is 9.18 Å². The first-order valence-electron chi connectivity index (χ1n) is 8.09. The Morgan fingerprint density at radius 1 is 1.07 bits per heavy atom. The van der Waals surface area contributed by atoms with Crippen molar-refractivity contribution in [2.75, 3.05) is 5.32 Å². The highest BCUT2D eigenvalue weighted by Gasteiger charge is 2.18. The van der Waals surface area contributed by atoms with Crippen LogP contribution in [-0.2, 0) is 13.1 Å². The molecule has 1 heterocycles. The molecule has 1 N–H and O–H groups in total. The van der Waals surface area contributed by atoms with Crippen molar-refractivity contribution in [2.45, 2.75) is 13.1 Å². The fourth-order valence-electron chi connectivity index (χ4n) is 2.49. The monoisotopic (exact) mass is 369 g/mol. The topological polar surface area (TPSA) is 88.6 Å². The van der Waals surface area contributed by atoms with Gasteiger partial charge in [-0.15, -0.1) is 0 Å². The summed E-state index contributed by atoms with van der Waals surface area (Å²) in [7, 11) is 0. The molecule has 3 aromatic rings. The predicted molar refractivity (Wildman–Crippen MR) is 96.5 cm³/mol. The van der Waals surface area contributed by atoms with E-state index in [-0.39, 0.29) is 24.5 Å². The van der Waals surface area contributed by atoms with Gasteiger partial charge in [-0.3, -0.25) is 10.1 Å². The van der Waals surface area contributed by atoms with Crippen LogP contribution in [0.4, 0.5) is 20.6 Å². The Morgan fingerprint density at radius 2 is 1.81 bits per heavy atom. The molecular weight excluding hydrogens is 353 g/mol. The Hall–Kier alpha value is -3.68. The fourth-order valence-corrected chi connectivity index (χ4v) is 2.49. The van der Waals surface area contributed by atoms with Crippen molar-refractivity contribution in [2.24, 2.45) is 0 Å². The molecule has 27 heavy (non-hydrogen) atoms. The molecule has 0 aliphatic heterocycles. The van der Waals surface area contributed by atoms with Crippen LogP contribution in [0.1, 0.15) is 11.3 Å². The lowest BCUT2D eigenvalue weighted by Crippen LogP contribution is -2.34. The average molecular weight is 369 g/mol. The van der Waals surface area contributed by atoms with Gasteiger partial charge < -0.3 is 14.6 Å². The van der Waals surface area contributed by atoms with Crippen LogP contribution in [0.2, 0.25) is 0 Å². The van der Waals surface area contributed by atoms with Gasteiger partial charge in [0.1, 0.15) is 11.6 Å². The van der Waals surface area contributed by atoms with Crippen molar-refractivity contribution in [1.82, 2.24) is 4.90 Å². The maximum Gasteiger partial charge on any atom is 0.322 e. The van der Waals surface area contributed by atoms with E-state index in [9.17, 15) is 19.3 Å². The van der Waals surface area contributed by atoms with E-state index >= 15 is 0 Å². The first-order valence-corrected chi connectivity index (χ1v) is 8.09. The van der Waals surface area contributed by atoms with Gasteiger partial charge in [0.25, 0.3) is 5.69 Å². The number of anilines is 1. The number of rotatable bonds is 6. The maximum atomic E-state index is 13.8. The summed E-state index contributed by atoms with van der Waals surface area (Å²) >= 11 is 0. The van der Waals surface area contributed by atoms with Crippen molar-refractivity contribution in [3.8, 4) is 0 Å². The van der Waals surface area contributed by atoms with E-state index in [0.29, 0.717) is 11.3 Å². The molecule has 138 valence electrons. The van der Waals surface area contributed by atoms with Crippen LogP contribution in [-0.4, -0.2) is 15.9 Å². The molecule has 0 aliphatic rings. The molecule has 2 amide bonds. The molecule has 3 rings (SSSR count). The third-order valence-electron chi connectivity index (χ3n) is 3.85. The zero-order valence-corrected chi connectivity index (χ0v) is 14.2. The lowest BCUT2D eigenvalue weighted by Gasteiger charge is -2.22. The number of para-hydroxylation sites is 1. The minimum absolute atomic E-state index is 0.0351. The molecule has 2 aromatic carbocycles. The number of hydrogen-bond acceptors (Lipinski definition) is 4. The summed E-state index contributed by atoms with van der Waals surface area (Å²) in [5, 5.41) is 13.3. The normalized spacial score (nSPS) is 10.4. The van der Waals surface area contributed by atoms with Gasteiger partial charge in [-0.05, 0) is 29.8 Å². The zero-order valence-electron chi connectivity index (χ0n) is 14.2. The maximum absolute atomic E-state index is 13.8. The number of nitro groups is 1. The standard InChI is InChI=1S/C19H16FN3O4/c20-17-5-1-2-6-18(17)21-19(24)22(13-16-4-3-11-27-16)12-14-7-9-15(10-8-14)23(25)26/h1-11H,12-13H2,(H,21,24). The number of halogens is 1. The highest BCUT2D eigenvalue weighted by atomic mass is 19.1. The summed E-state index contributed by atoms with van der Waals surface area (Å²) in [6.45, 7) is 0.323. The molecule has 7 nitrogen and oxygen atoms in total. The second kappa shape index (κ2) is 8.13. The fraction of sp³-hybridized carbons (Fsp3) is 0.105. The number of nitro benzene ring substituents is 1. The van der Waals surface area contributed by atoms with E-state index in [4.69, 9.17) is 4.42 Å². The van der Waals surface area contributed by atoms with Gasteiger partial charge in [-0.1, -0.05) is 24.3 Å². The number of nitrogens with zero attached hydrogens (tertiary/aromatic N) is 2. The SMILES string of the molecule is O=C(Nc1ccccc1F)N(Cc1ccc([N+](=O)[O-])cc1)Cc1ccco1. The van der Waals surface area contributed by atoms with Gasteiger partial charge in [-0.2, -0.15) is 0 Å². The number of benzene rings is 2. The van der Waals surface area contributed by atoms with Crippen LogP contribution < -0.4 is 5.32 Å². The van der Waals surface area contributed by atoms with Crippen molar-refractivity contribution < 1.29 is 18.5 Å². The quantitative estimate of drug-likeness (QED) is 0.509. The second-order valence-electron chi connectivity index (χ2n) is 5.77. The predicted octanol–water partition coefficient (Wildman–Crippen LogP) is 4.56. The summed E-state index contributed by atoms with van der Waals surface area (Å²) < 4.78 is 19.1. The van der Waals surface area contributed by atoms with Gasteiger partial charge in [0, 0.05) is 18.7 Å². The second-order valence-corrected chi connectivity index (χ2v) is 5.77. The van der Waals surface area contributed by atoms with Crippen LogP contribution in [0.25, 0.3) is 0 Å². The van der Waals surface area contributed by atoms with Gasteiger partial charge in [0.05, 0.1) is 23.4 Å². The molecule has 8 heteroatoms. The first-order chi connectivity index (χ1) is 13.0. The number of carbonyl (C=O) groups excluding carboxylic acids is 1. The summed E-state index contributed by atoms with van der Waals surface area (Å²) in [6.07, 6.45) is 1.49. The number of amides is 2.